The quantitative estimate of drug-likeness (QED) is 0.240. The summed E-state index contributed by atoms with van der Waals surface area (Å²) in [4.78, 5) is 22.3. The summed E-state index contributed by atoms with van der Waals surface area (Å²) >= 11 is 8.00. The lowest BCUT2D eigenvalue weighted by molar-refractivity contribution is -0.385. The van der Waals surface area contributed by atoms with Crippen LogP contribution in [0.3, 0.4) is 0 Å². The van der Waals surface area contributed by atoms with E-state index in [9.17, 15) is 20.0 Å². The van der Waals surface area contributed by atoms with Crippen molar-refractivity contribution in [2.45, 2.75) is 19.9 Å². The van der Waals surface area contributed by atoms with Crippen LogP contribution in [0.25, 0.3) is 0 Å². The van der Waals surface area contributed by atoms with Crippen LogP contribution in [0, 0.1) is 20.6 Å². The van der Waals surface area contributed by atoms with Crippen molar-refractivity contribution in [2.75, 3.05) is 5.32 Å². The maximum atomic E-state index is 12.2. The van der Waals surface area contributed by atoms with Crippen molar-refractivity contribution in [1.29, 1.82) is 0 Å². The van der Waals surface area contributed by atoms with E-state index in [4.69, 9.17) is 11.6 Å². The number of nitrogens with one attached hydrogen (secondary N) is 2. The third-order valence-electron chi connectivity index (χ3n) is 3.61. The Hall–Kier alpha value is -2.40. The Morgan fingerprint density at radius 2 is 2.11 bits per heavy atom. The molecular formula is C17H16ClIN4O4. The number of hydrogen-bond acceptors (Lipinski definition) is 6. The molecule has 0 bridgehead atoms. The van der Waals surface area contributed by atoms with E-state index < -0.39 is 28.3 Å². The number of nitro benzene ring substituents is 1. The number of hydrazone groups is 1. The number of nitrogens with zero attached hydrogens (tertiary/aromatic N) is 2. The summed E-state index contributed by atoms with van der Waals surface area (Å²) in [6.07, 6.45) is 1.09. The predicted octanol–water partition coefficient (Wildman–Crippen LogP) is 3.82. The Bertz CT molecular complexity index is 920. The van der Waals surface area contributed by atoms with Crippen LogP contribution < -0.4 is 10.7 Å². The molecule has 0 aliphatic carbocycles. The van der Waals surface area contributed by atoms with Crippen molar-refractivity contribution in [3.8, 4) is 5.75 Å². The largest absolute Gasteiger partial charge is 0.502 e. The van der Waals surface area contributed by atoms with Gasteiger partial charge in [0, 0.05) is 25.9 Å². The average Bonchev–Trinajstić information content (AvgIpc) is 2.59. The molecule has 8 nitrogen and oxygen atoms in total. The van der Waals surface area contributed by atoms with Crippen molar-refractivity contribution in [2.24, 2.45) is 5.10 Å². The molecule has 10 heteroatoms. The summed E-state index contributed by atoms with van der Waals surface area (Å²) in [7, 11) is 0. The van der Waals surface area contributed by atoms with Crippen LogP contribution in [0.2, 0.25) is 5.02 Å². The number of phenols is 1. The molecule has 0 radical (unpaired) electrons. The second kappa shape index (κ2) is 9.00. The zero-order chi connectivity index (χ0) is 20.1. The van der Waals surface area contributed by atoms with E-state index in [1.54, 1.807) is 6.92 Å². The van der Waals surface area contributed by atoms with Gasteiger partial charge in [-0.3, -0.25) is 14.9 Å². The lowest BCUT2D eigenvalue weighted by atomic mass is 10.2. The van der Waals surface area contributed by atoms with Gasteiger partial charge in [-0.25, -0.2) is 5.43 Å². The summed E-state index contributed by atoms with van der Waals surface area (Å²) in [6.45, 7) is 3.60. The third kappa shape index (κ3) is 5.54. The summed E-state index contributed by atoms with van der Waals surface area (Å²) in [5, 5.41) is 27.7. The van der Waals surface area contributed by atoms with Gasteiger partial charge in [-0.1, -0.05) is 11.6 Å². The molecule has 2 rings (SSSR count). The first-order valence-electron chi connectivity index (χ1n) is 7.71. The van der Waals surface area contributed by atoms with Crippen molar-refractivity contribution in [3.63, 3.8) is 0 Å². The highest BCUT2D eigenvalue weighted by Crippen LogP contribution is 2.32. The molecule has 27 heavy (non-hydrogen) atoms. The summed E-state index contributed by atoms with van der Waals surface area (Å²) < 4.78 is 1.09. The number of carbonyl (C=O) groups excluding carboxylic acids is 1. The van der Waals surface area contributed by atoms with Gasteiger partial charge in [0.05, 0.1) is 11.1 Å². The molecule has 0 aromatic heterocycles. The fourth-order valence-electron chi connectivity index (χ4n) is 2.19. The minimum Gasteiger partial charge on any atom is -0.502 e. The summed E-state index contributed by atoms with van der Waals surface area (Å²) in [5.41, 5.74) is 3.62. The van der Waals surface area contributed by atoms with E-state index in [0.29, 0.717) is 0 Å². The minimum absolute atomic E-state index is 0.0172. The van der Waals surface area contributed by atoms with E-state index in [0.717, 1.165) is 27.1 Å². The molecule has 142 valence electrons. The number of halogens is 2. The van der Waals surface area contributed by atoms with Gasteiger partial charge in [0.2, 0.25) is 5.75 Å². The standard InChI is InChI=1S/C17H16ClIN4O4/c1-9-5-13(19)3-4-14(9)21-10(2)17(25)22-20-8-11-6-12(18)7-15(16(11)24)23(26)27/h3-8,10,21,24H,1-2H3,(H,22,25)/b20-8+. The Kier molecular flexibility index (Phi) is 6.97. The maximum absolute atomic E-state index is 12.2. The first-order chi connectivity index (χ1) is 12.7. The second-order valence-corrected chi connectivity index (χ2v) is 7.36. The Morgan fingerprint density at radius 1 is 1.41 bits per heavy atom. The normalized spacial score (nSPS) is 12.0. The lowest BCUT2D eigenvalue weighted by Gasteiger charge is -2.15. The van der Waals surface area contributed by atoms with Gasteiger partial charge in [0.15, 0.2) is 0 Å². The number of nitro groups is 1. The monoisotopic (exact) mass is 502 g/mol. The van der Waals surface area contributed by atoms with Crippen LogP contribution in [0.15, 0.2) is 35.4 Å². The van der Waals surface area contributed by atoms with Crippen molar-refractivity contribution in [3.05, 3.63) is 60.2 Å². The van der Waals surface area contributed by atoms with Gasteiger partial charge in [-0.15, -0.1) is 0 Å². The van der Waals surface area contributed by atoms with Gasteiger partial charge in [-0.2, -0.15) is 5.10 Å². The second-order valence-electron chi connectivity index (χ2n) is 5.68. The zero-order valence-electron chi connectivity index (χ0n) is 14.4. The van der Waals surface area contributed by atoms with Crippen LogP contribution in [0.1, 0.15) is 18.1 Å². The number of benzene rings is 2. The zero-order valence-corrected chi connectivity index (χ0v) is 17.3. The van der Waals surface area contributed by atoms with Gasteiger partial charge < -0.3 is 10.4 Å². The SMILES string of the molecule is Cc1cc(I)ccc1NC(C)C(=O)N/N=C/c1cc(Cl)cc([N+](=O)[O-])c1O. The van der Waals surface area contributed by atoms with E-state index >= 15 is 0 Å². The topological polar surface area (TPSA) is 117 Å². The molecule has 0 saturated carbocycles. The number of rotatable bonds is 6. The van der Waals surface area contributed by atoms with Gasteiger partial charge in [0.1, 0.15) is 6.04 Å². The summed E-state index contributed by atoms with van der Waals surface area (Å²) in [5.74, 6) is -0.997. The number of aromatic hydroxyl groups is 1. The molecule has 0 aliphatic rings. The van der Waals surface area contributed by atoms with E-state index in [1.165, 1.54) is 6.07 Å². The fourth-order valence-corrected chi connectivity index (χ4v) is 3.06. The van der Waals surface area contributed by atoms with E-state index in [-0.39, 0.29) is 10.6 Å². The highest BCUT2D eigenvalue weighted by atomic mass is 127. The van der Waals surface area contributed by atoms with Gasteiger partial charge in [-0.05, 0) is 66.3 Å². The van der Waals surface area contributed by atoms with E-state index in [1.807, 2.05) is 25.1 Å². The number of anilines is 1. The third-order valence-corrected chi connectivity index (χ3v) is 4.50. The van der Waals surface area contributed by atoms with Gasteiger partial charge >= 0.3 is 5.69 Å². The molecular weight excluding hydrogens is 487 g/mol. The fraction of sp³-hybridized carbons (Fsp3) is 0.176. The minimum atomic E-state index is -0.757. The number of hydrogen-bond donors (Lipinski definition) is 3. The van der Waals surface area contributed by atoms with E-state index in [2.05, 4.69) is 38.4 Å². The van der Waals surface area contributed by atoms with Crippen LogP contribution in [0.5, 0.6) is 5.75 Å². The smallest absolute Gasteiger partial charge is 0.312 e. The van der Waals surface area contributed by atoms with Crippen molar-refractivity contribution in [1.82, 2.24) is 5.43 Å². The molecule has 0 saturated heterocycles. The Balaban J connectivity index is 2.05. The number of phenolic OH excluding ortho intramolecular Hbond substituents is 1. The highest BCUT2D eigenvalue weighted by Gasteiger charge is 2.18. The van der Waals surface area contributed by atoms with Crippen LogP contribution in [-0.2, 0) is 4.79 Å². The van der Waals surface area contributed by atoms with Gasteiger partial charge in [0.25, 0.3) is 5.91 Å². The number of amides is 1. The van der Waals surface area contributed by atoms with Crippen LogP contribution in [-0.4, -0.2) is 28.2 Å². The number of aryl methyl sites for hydroxylation is 1. The molecule has 0 spiro atoms. The van der Waals surface area contributed by atoms with Crippen molar-refractivity contribution < 1.29 is 14.8 Å². The molecule has 0 heterocycles. The Labute approximate surface area is 173 Å². The highest BCUT2D eigenvalue weighted by molar-refractivity contribution is 14.1. The molecule has 0 aliphatic heterocycles. The summed E-state index contributed by atoms with van der Waals surface area (Å²) in [6, 6.07) is 7.54. The predicted molar refractivity (Wildman–Crippen MR) is 112 cm³/mol. The molecule has 1 unspecified atom stereocenters. The first kappa shape index (κ1) is 20.9. The first-order valence-corrected chi connectivity index (χ1v) is 9.17. The van der Waals surface area contributed by atoms with Crippen molar-refractivity contribution >= 4 is 57.7 Å². The molecule has 0 fully saturated rings. The maximum Gasteiger partial charge on any atom is 0.312 e. The molecule has 1 amide bonds. The van der Waals surface area contributed by atoms with Crippen LogP contribution >= 0.6 is 34.2 Å². The molecule has 2 aromatic rings. The van der Waals surface area contributed by atoms with Crippen LogP contribution in [0.4, 0.5) is 11.4 Å². The lowest BCUT2D eigenvalue weighted by Crippen LogP contribution is -2.35. The average molecular weight is 503 g/mol. The molecule has 3 N–H and O–H groups in total. The Morgan fingerprint density at radius 3 is 2.74 bits per heavy atom. The number of carbonyl (C=O) groups is 1. The molecule has 1 atom stereocenters. The molecule has 2 aromatic carbocycles.